The highest BCUT2D eigenvalue weighted by atomic mass is 32.1. The maximum atomic E-state index is 13.1. The van der Waals surface area contributed by atoms with Crippen molar-refractivity contribution in [3.05, 3.63) is 62.7 Å². The minimum absolute atomic E-state index is 0.120. The van der Waals surface area contributed by atoms with E-state index in [1.807, 2.05) is 22.9 Å². The van der Waals surface area contributed by atoms with Crippen LogP contribution >= 0.6 is 11.3 Å². The summed E-state index contributed by atoms with van der Waals surface area (Å²) in [4.78, 5) is 52.0. The number of carbonyl (C=O) groups is 4. The molecule has 1 aliphatic rings. The van der Waals surface area contributed by atoms with Gasteiger partial charge < -0.3 is 34.9 Å². The van der Waals surface area contributed by atoms with E-state index in [1.165, 1.54) is 17.8 Å². The maximum Gasteiger partial charge on any atom is 0.351 e. The summed E-state index contributed by atoms with van der Waals surface area (Å²) < 4.78 is 1.92. The average Bonchev–Trinajstić information content (AvgIpc) is 3.27. The quantitative estimate of drug-likeness (QED) is 0.301. The van der Waals surface area contributed by atoms with E-state index in [1.54, 1.807) is 16.2 Å². The molecule has 0 bridgehead atoms. The van der Waals surface area contributed by atoms with Gasteiger partial charge in [0.15, 0.2) is 11.9 Å². The molecule has 13 heteroatoms. The summed E-state index contributed by atoms with van der Waals surface area (Å²) in [6, 6.07) is 12.5. The van der Waals surface area contributed by atoms with E-state index < -0.39 is 23.9 Å². The van der Waals surface area contributed by atoms with Crippen molar-refractivity contribution in [1.82, 2.24) is 4.68 Å². The molecular weight excluding hydrogens is 506 g/mol. The first-order valence-electron chi connectivity index (χ1n) is 11.3. The number of hydrogen-bond acceptors (Lipinski definition) is 8. The lowest BCUT2D eigenvalue weighted by atomic mass is 10.1. The van der Waals surface area contributed by atoms with Crippen molar-refractivity contribution in [2.75, 3.05) is 20.1 Å². The fourth-order valence-corrected chi connectivity index (χ4v) is 4.59. The Balaban J connectivity index is 0.000000336. The van der Waals surface area contributed by atoms with Crippen molar-refractivity contribution >= 4 is 46.0 Å². The van der Waals surface area contributed by atoms with Gasteiger partial charge in [-0.1, -0.05) is 18.2 Å². The van der Waals surface area contributed by atoms with Crippen LogP contribution in [0.15, 0.2) is 46.6 Å². The third-order valence-corrected chi connectivity index (χ3v) is 6.52. The molecule has 2 atom stereocenters. The van der Waals surface area contributed by atoms with Crippen molar-refractivity contribution < 1.29 is 49.6 Å². The van der Waals surface area contributed by atoms with E-state index in [0.717, 1.165) is 42.3 Å². The number of fused-ring (bicyclic) bond motifs is 1. The molecule has 4 N–H and O–H groups in total. The first-order chi connectivity index (χ1) is 17.5. The third kappa shape index (κ3) is 8.81. The van der Waals surface area contributed by atoms with Gasteiger partial charge in [-0.15, -0.1) is 21.1 Å². The first kappa shape index (κ1) is 29.1. The van der Waals surface area contributed by atoms with E-state index in [-0.39, 0.29) is 11.6 Å². The van der Waals surface area contributed by atoms with Crippen LogP contribution in [-0.4, -0.2) is 58.9 Å². The predicted molar refractivity (Wildman–Crippen MR) is 127 cm³/mol. The molecule has 0 amide bonds. The van der Waals surface area contributed by atoms with Gasteiger partial charge in [0.1, 0.15) is 0 Å². The van der Waals surface area contributed by atoms with Crippen LogP contribution in [0.1, 0.15) is 35.9 Å². The molecule has 12 nitrogen and oxygen atoms in total. The number of thiophene rings is 1. The number of nitrogens with one attached hydrogen (secondary N) is 2. The van der Waals surface area contributed by atoms with E-state index in [2.05, 4.69) is 35.7 Å². The summed E-state index contributed by atoms with van der Waals surface area (Å²) in [5.74, 6) is -8.02. The fourth-order valence-electron chi connectivity index (χ4n) is 3.88. The summed E-state index contributed by atoms with van der Waals surface area (Å²) >= 11 is 1.76. The molecule has 37 heavy (non-hydrogen) atoms. The molecule has 1 aliphatic heterocycles. The third-order valence-electron chi connectivity index (χ3n) is 5.65. The number of aromatic nitrogens is 2. The molecule has 3 aromatic rings. The van der Waals surface area contributed by atoms with Gasteiger partial charge in [-0.05, 0) is 36.4 Å². The number of nitrogens with zero attached hydrogens (tertiary/aromatic N) is 1. The van der Waals surface area contributed by atoms with Gasteiger partial charge >= 0.3 is 17.5 Å². The Morgan fingerprint density at radius 2 is 1.59 bits per heavy atom. The van der Waals surface area contributed by atoms with Crippen LogP contribution in [0.3, 0.4) is 0 Å². The number of aliphatic carboxylic acids is 4. The smallest absolute Gasteiger partial charge is 0.351 e. The van der Waals surface area contributed by atoms with Crippen LogP contribution in [0.4, 0.5) is 0 Å². The van der Waals surface area contributed by atoms with Gasteiger partial charge in [-0.2, -0.15) is 0 Å². The second-order valence-electron chi connectivity index (χ2n) is 8.29. The summed E-state index contributed by atoms with van der Waals surface area (Å²) in [5, 5.41) is 40.1. The molecule has 1 saturated heterocycles. The van der Waals surface area contributed by atoms with E-state index >= 15 is 0 Å². The van der Waals surface area contributed by atoms with Crippen LogP contribution in [0.25, 0.3) is 10.8 Å². The first-order valence-corrected chi connectivity index (χ1v) is 12.2. The lowest BCUT2D eigenvalue weighted by Gasteiger charge is -2.13. The molecule has 0 saturated carbocycles. The van der Waals surface area contributed by atoms with Gasteiger partial charge in [0.2, 0.25) is 5.69 Å². The minimum atomic E-state index is -2.07. The molecule has 198 valence electrons. The highest BCUT2D eigenvalue weighted by Crippen LogP contribution is 2.20. The molecule has 0 aliphatic carbocycles. The number of benzene rings is 1. The topological polar surface area (TPSA) is 195 Å². The van der Waals surface area contributed by atoms with Crippen molar-refractivity contribution in [3.8, 4) is 0 Å². The number of H-pyrrole nitrogens is 1. The molecule has 2 unspecified atom stereocenters. The summed E-state index contributed by atoms with van der Waals surface area (Å²) in [7, 11) is 2.25. The van der Waals surface area contributed by atoms with Gasteiger partial charge in [0.25, 0.3) is 0 Å². The van der Waals surface area contributed by atoms with Crippen molar-refractivity contribution in [3.63, 3.8) is 0 Å². The monoisotopic (exact) mass is 533 g/mol. The lowest BCUT2D eigenvalue weighted by molar-refractivity contribution is -0.878. The molecule has 1 fully saturated rings. The number of aromatic amines is 1. The van der Waals surface area contributed by atoms with Crippen LogP contribution in [0, 0.1) is 0 Å². The number of hydrogen-bond donors (Lipinski definition) is 3. The SMILES string of the molecule is C[NH+]1CCCC(n2[nH+]c(Cc3cccs3)c3ccccc3c2=O)CC1.O=C([O-])C(=O)O.O=C([O-])C(=O)O. The average molecular weight is 534 g/mol. The van der Waals surface area contributed by atoms with Gasteiger partial charge in [-0.25, -0.2) is 9.59 Å². The number of rotatable bonds is 3. The van der Waals surface area contributed by atoms with E-state index in [0.29, 0.717) is 0 Å². The van der Waals surface area contributed by atoms with Crippen molar-refractivity contribution in [1.29, 1.82) is 0 Å². The highest BCUT2D eigenvalue weighted by molar-refractivity contribution is 7.09. The Labute approximate surface area is 215 Å². The number of likely N-dealkylation sites (tertiary alicyclic amines) is 1. The number of carboxylic acid groups (broad SMARTS) is 4. The molecule has 0 radical (unpaired) electrons. The second-order valence-corrected chi connectivity index (χ2v) is 9.33. The zero-order valence-corrected chi connectivity index (χ0v) is 20.8. The van der Waals surface area contributed by atoms with E-state index in [9.17, 15) is 4.79 Å². The standard InChI is InChI=1S/C20H23N3OS.2C2H2O4/c1-22-11-4-6-15(10-12-22)23-20(24)18-9-3-2-8-17(18)19(21-23)14-16-7-5-13-25-16;2*3-1(4)2(5)6/h2-3,5,7-9,13,15H,4,6,10-12,14H2,1H3;2*(H,3,4)(H,5,6). The normalized spacial score (nSPS) is 16.8. The lowest BCUT2D eigenvalue weighted by Crippen LogP contribution is -3.08. The predicted octanol–water partition coefficient (Wildman–Crippen LogP) is -2.65. The molecule has 4 rings (SSSR count). The molecular formula is C24H27N3O9S. The second kappa shape index (κ2) is 13.8. The van der Waals surface area contributed by atoms with Crippen molar-refractivity contribution in [2.45, 2.75) is 31.7 Å². The van der Waals surface area contributed by atoms with Crippen LogP contribution < -0.4 is 25.8 Å². The highest BCUT2D eigenvalue weighted by Gasteiger charge is 2.26. The summed E-state index contributed by atoms with van der Waals surface area (Å²) in [6.45, 7) is 2.32. The zero-order chi connectivity index (χ0) is 27.5. The van der Waals surface area contributed by atoms with Crippen LogP contribution in [0.5, 0.6) is 0 Å². The van der Waals surface area contributed by atoms with Gasteiger partial charge in [-0.3, -0.25) is 4.79 Å². The van der Waals surface area contributed by atoms with Gasteiger partial charge in [0.05, 0.1) is 43.4 Å². The minimum Gasteiger partial charge on any atom is -0.539 e. The molecule has 2 aromatic heterocycles. The Bertz CT molecular complexity index is 1260. The molecule has 1 aromatic carbocycles. The largest absolute Gasteiger partial charge is 0.539 e. The number of carboxylic acids is 4. The number of quaternary nitrogens is 1. The zero-order valence-electron chi connectivity index (χ0n) is 20.0. The van der Waals surface area contributed by atoms with Crippen LogP contribution in [-0.2, 0) is 25.6 Å². The fraction of sp³-hybridized carbons (Fsp3) is 0.333. The van der Waals surface area contributed by atoms with Crippen molar-refractivity contribution in [2.24, 2.45) is 0 Å². The Kier molecular flexibility index (Phi) is 10.9. The molecule has 3 heterocycles. The summed E-state index contributed by atoms with van der Waals surface area (Å²) in [6.07, 6.45) is 4.14. The Morgan fingerprint density at radius 3 is 2.14 bits per heavy atom. The van der Waals surface area contributed by atoms with Gasteiger partial charge in [0, 0.05) is 11.3 Å². The molecule has 0 spiro atoms. The van der Waals surface area contributed by atoms with E-state index in [4.69, 9.17) is 39.6 Å². The number of carbonyl (C=O) groups excluding carboxylic acids is 2. The van der Waals surface area contributed by atoms with Crippen LogP contribution in [0.2, 0.25) is 0 Å². The Morgan fingerprint density at radius 1 is 1.00 bits per heavy atom. The summed E-state index contributed by atoms with van der Waals surface area (Å²) in [5.41, 5.74) is 1.26. The Hall–Kier alpha value is -4.10. The maximum absolute atomic E-state index is 13.1.